The van der Waals surface area contributed by atoms with Gasteiger partial charge < -0.3 is 14.4 Å². The standard InChI is InChI=1S/C16H12FN3O3/c17-12-4-1-3-11(9-12)10-20-7-2-5-13(16(20)22)15(21)18-14-6-8-23-19-14/h1-9H,10H2,(H,18,19,21). The van der Waals surface area contributed by atoms with Gasteiger partial charge in [0.2, 0.25) is 0 Å². The van der Waals surface area contributed by atoms with Gasteiger partial charge in [0.05, 0.1) is 6.54 Å². The molecule has 0 aliphatic heterocycles. The summed E-state index contributed by atoms with van der Waals surface area (Å²) in [6.07, 6.45) is 2.85. The van der Waals surface area contributed by atoms with Crippen LogP contribution in [0.1, 0.15) is 15.9 Å². The first-order chi connectivity index (χ1) is 11.1. The quantitative estimate of drug-likeness (QED) is 0.801. The van der Waals surface area contributed by atoms with E-state index in [-0.39, 0.29) is 23.7 Å². The van der Waals surface area contributed by atoms with Gasteiger partial charge in [0.25, 0.3) is 11.5 Å². The lowest BCUT2D eigenvalue weighted by atomic mass is 10.2. The number of nitrogens with zero attached hydrogens (tertiary/aromatic N) is 2. The van der Waals surface area contributed by atoms with E-state index in [1.165, 1.54) is 35.1 Å². The van der Waals surface area contributed by atoms with Gasteiger partial charge in [0, 0.05) is 12.3 Å². The van der Waals surface area contributed by atoms with Gasteiger partial charge in [-0.2, -0.15) is 0 Å². The zero-order valence-corrected chi connectivity index (χ0v) is 11.9. The summed E-state index contributed by atoms with van der Waals surface area (Å²) in [5, 5.41) is 6.02. The molecule has 1 N–H and O–H groups in total. The molecule has 116 valence electrons. The lowest BCUT2D eigenvalue weighted by Crippen LogP contribution is -2.29. The highest BCUT2D eigenvalue weighted by molar-refractivity contribution is 6.03. The Bertz CT molecular complexity index is 888. The Labute approximate surface area is 130 Å². The zero-order chi connectivity index (χ0) is 16.2. The van der Waals surface area contributed by atoms with Crippen LogP contribution in [0.3, 0.4) is 0 Å². The van der Waals surface area contributed by atoms with Crippen molar-refractivity contribution in [1.82, 2.24) is 9.72 Å². The number of carbonyl (C=O) groups excluding carboxylic acids is 1. The number of hydrogen-bond donors (Lipinski definition) is 1. The average molecular weight is 313 g/mol. The normalized spacial score (nSPS) is 10.5. The second-order valence-electron chi connectivity index (χ2n) is 4.82. The molecule has 3 aromatic rings. The third-order valence-corrected chi connectivity index (χ3v) is 3.19. The minimum absolute atomic E-state index is 0.0353. The highest BCUT2D eigenvalue weighted by atomic mass is 19.1. The number of carbonyl (C=O) groups is 1. The number of anilines is 1. The highest BCUT2D eigenvalue weighted by Gasteiger charge is 2.13. The van der Waals surface area contributed by atoms with Gasteiger partial charge in [0.15, 0.2) is 5.82 Å². The Morgan fingerprint density at radius 1 is 1.26 bits per heavy atom. The molecule has 0 radical (unpaired) electrons. The molecule has 23 heavy (non-hydrogen) atoms. The molecule has 0 saturated carbocycles. The molecule has 0 bridgehead atoms. The second-order valence-corrected chi connectivity index (χ2v) is 4.82. The van der Waals surface area contributed by atoms with Crippen molar-refractivity contribution >= 4 is 11.7 Å². The summed E-state index contributed by atoms with van der Waals surface area (Å²) >= 11 is 0. The van der Waals surface area contributed by atoms with E-state index in [9.17, 15) is 14.0 Å². The topological polar surface area (TPSA) is 77.1 Å². The molecule has 0 atom stereocenters. The summed E-state index contributed by atoms with van der Waals surface area (Å²) in [6, 6.07) is 10.4. The van der Waals surface area contributed by atoms with E-state index in [0.717, 1.165) is 0 Å². The average Bonchev–Trinajstić information content (AvgIpc) is 3.02. The molecule has 0 unspecified atom stereocenters. The van der Waals surface area contributed by atoms with Crippen LogP contribution in [0.15, 0.2) is 64.2 Å². The molecule has 1 amide bonds. The molecule has 0 aliphatic rings. The number of rotatable bonds is 4. The van der Waals surface area contributed by atoms with Gasteiger partial charge >= 0.3 is 0 Å². The largest absolute Gasteiger partial charge is 0.363 e. The van der Waals surface area contributed by atoms with Crippen molar-refractivity contribution in [3.05, 3.63) is 82.2 Å². The second kappa shape index (κ2) is 6.27. The van der Waals surface area contributed by atoms with Gasteiger partial charge in [-0.15, -0.1) is 0 Å². The molecule has 0 fully saturated rings. The van der Waals surface area contributed by atoms with Crippen molar-refractivity contribution in [2.75, 3.05) is 5.32 Å². The molecular weight excluding hydrogens is 301 g/mol. The number of amides is 1. The molecule has 0 spiro atoms. The number of hydrogen-bond acceptors (Lipinski definition) is 4. The smallest absolute Gasteiger partial charge is 0.263 e. The van der Waals surface area contributed by atoms with Crippen molar-refractivity contribution in [3.8, 4) is 0 Å². The number of benzene rings is 1. The molecule has 6 nitrogen and oxygen atoms in total. The van der Waals surface area contributed by atoms with Crippen LogP contribution >= 0.6 is 0 Å². The fourth-order valence-corrected chi connectivity index (χ4v) is 2.13. The Kier molecular flexibility index (Phi) is 4.01. The van der Waals surface area contributed by atoms with E-state index >= 15 is 0 Å². The van der Waals surface area contributed by atoms with Crippen LogP contribution in [0.25, 0.3) is 0 Å². The maximum absolute atomic E-state index is 13.2. The minimum atomic E-state index is -0.586. The van der Waals surface area contributed by atoms with Crippen LogP contribution in [0.4, 0.5) is 10.2 Å². The molecule has 1 aromatic carbocycles. The zero-order valence-electron chi connectivity index (χ0n) is 11.9. The van der Waals surface area contributed by atoms with Crippen LogP contribution in [0, 0.1) is 5.82 Å². The Balaban J connectivity index is 1.86. The van der Waals surface area contributed by atoms with E-state index in [0.29, 0.717) is 5.56 Å². The first kappa shape index (κ1) is 14.7. The molecule has 2 heterocycles. The summed E-state index contributed by atoms with van der Waals surface area (Å²) in [7, 11) is 0. The van der Waals surface area contributed by atoms with Crippen LogP contribution in [0.5, 0.6) is 0 Å². The van der Waals surface area contributed by atoms with E-state index in [1.807, 2.05) is 0 Å². The Morgan fingerprint density at radius 3 is 2.87 bits per heavy atom. The molecule has 0 aliphatic carbocycles. The number of halogens is 1. The fourth-order valence-electron chi connectivity index (χ4n) is 2.13. The fraction of sp³-hybridized carbons (Fsp3) is 0.0625. The number of nitrogens with one attached hydrogen (secondary N) is 1. The summed E-state index contributed by atoms with van der Waals surface area (Å²) < 4.78 is 19.2. The predicted molar refractivity (Wildman–Crippen MR) is 80.7 cm³/mol. The first-order valence-electron chi connectivity index (χ1n) is 6.79. The van der Waals surface area contributed by atoms with Gasteiger partial charge in [-0.25, -0.2) is 4.39 Å². The predicted octanol–water partition coefficient (Wildman–Crippen LogP) is 2.28. The Morgan fingerprint density at radius 2 is 2.13 bits per heavy atom. The van der Waals surface area contributed by atoms with Crippen LogP contribution in [0.2, 0.25) is 0 Å². The van der Waals surface area contributed by atoms with Crippen LogP contribution < -0.4 is 10.9 Å². The maximum Gasteiger partial charge on any atom is 0.263 e. The van der Waals surface area contributed by atoms with E-state index in [2.05, 4.69) is 15.0 Å². The third-order valence-electron chi connectivity index (χ3n) is 3.19. The molecule has 3 rings (SSSR count). The van der Waals surface area contributed by atoms with Crippen LogP contribution in [-0.2, 0) is 6.54 Å². The van der Waals surface area contributed by atoms with E-state index in [4.69, 9.17) is 0 Å². The molecule has 0 saturated heterocycles. The van der Waals surface area contributed by atoms with E-state index < -0.39 is 11.5 Å². The lowest BCUT2D eigenvalue weighted by molar-refractivity contribution is 0.102. The van der Waals surface area contributed by atoms with E-state index in [1.54, 1.807) is 24.4 Å². The number of aromatic nitrogens is 2. The van der Waals surface area contributed by atoms with Crippen molar-refractivity contribution in [1.29, 1.82) is 0 Å². The summed E-state index contributed by atoms with van der Waals surface area (Å²) in [4.78, 5) is 24.5. The van der Waals surface area contributed by atoms with Crippen molar-refractivity contribution in [2.45, 2.75) is 6.54 Å². The summed E-state index contributed by atoms with van der Waals surface area (Å²) in [5.41, 5.74) is 0.116. The SMILES string of the molecule is O=C(Nc1ccon1)c1cccn(Cc2cccc(F)c2)c1=O. The van der Waals surface area contributed by atoms with Crippen molar-refractivity contribution in [2.24, 2.45) is 0 Å². The number of pyridine rings is 1. The van der Waals surface area contributed by atoms with Crippen molar-refractivity contribution in [3.63, 3.8) is 0 Å². The monoisotopic (exact) mass is 313 g/mol. The minimum Gasteiger partial charge on any atom is -0.363 e. The summed E-state index contributed by atoms with van der Waals surface area (Å²) in [5.74, 6) is -0.747. The molecule has 7 heteroatoms. The lowest BCUT2D eigenvalue weighted by Gasteiger charge is -2.08. The Hall–Kier alpha value is -3.22. The van der Waals surface area contributed by atoms with Crippen molar-refractivity contribution < 1.29 is 13.7 Å². The van der Waals surface area contributed by atoms with Crippen LogP contribution in [-0.4, -0.2) is 15.6 Å². The molecule has 2 aromatic heterocycles. The van der Waals surface area contributed by atoms with Gasteiger partial charge in [-0.3, -0.25) is 9.59 Å². The third kappa shape index (κ3) is 3.34. The molecular formula is C16H12FN3O3. The highest BCUT2D eigenvalue weighted by Crippen LogP contribution is 2.06. The summed E-state index contributed by atoms with van der Waals surface area (Å²) in [6.45, 7) is 0.168. The van der Waals surface area contributed by atoms with Gasteiger partial charge in [-0.05, 0) is 29.8 Å². The van der Waals surface area contributed by atoms with Gasteiger partial charge in [0.1, 0.15) is 17.6 Å². The maximum atomic E-state index is 13.2. The van der Waals surface area contributed by atoms with Gasteiger partial charge in [-0.1, -0.05) is 17.3 Å². The first-order valence-corrected chi connectivity index (χ1v) is 6.79.